The average Bonchev–Trinajstić information content (AvgIpc) is 2.82. The first-order valence-electron chi connectivity index (χ1n) is 5.55. The highest BCUT2D eigenvalue weighted by Crippen LogP contribution is 2.27. The van der Waals surface area contributed by atoms with Crippen molar-refractivity contribution in [2.75, 3.05) is 0 Å². The molecular formula is C12H12BrFN2OS. The van der Waals surface area contributed by atoms with Gasteiger partial charge in [0.15, 0.2) is 0 Å². The summed E-state index contributed by atoms with van der Waals surface area (Å²) in [6, 6.07) is 4.45. The normalized spacial score (nSPS) is 12.7. The second kappa shape index (κ2) is 5.86. The van der Waals surface area contributed by atoms with E-state index in [9.17, 15) is 9.50 Å². The highest BCUT2D eigenvalue weighted by molar-refractivity contribution is 9.10. The molecule has 0 saturated carbocycles. The number of rotatable bonds is 4. The lowest BCUT2D eigenvalue weighted by Gasteiger charge is -2.11. The molecule has 2 rings (SSSR count). The molecule has 1 N–H and O–H groups in total. The lowest BCUT2D eigenvalue weighted by Crippen LogP contribution is -2.03. The van der Waals surface area contributed by atoms with Crippen molar-refractivity contribution < 1.29 is 9.50 Å². The number of aliphatic hydroxyl groups excluding tert-OH is 1. The van der Waals surface area contributed by atoms with E-state index in [1.54, 1.807) is 6.07 Å². The topological polar surface area (TPSA) is 46.0 Å². The van der Waals surface area contributed by atoms with Crippen LogP contribution in [0, 0.1) is 5.82 Å². The highest BCUT2D eigenvalue weighted by Gasteiger charge is 2.17. The quantitative estimate of drug-likeness (QED) is 0.935. The van der Waals surface area contributed by atoms with E-state index in [4.69, 9.17) is 0 Å². The maximum absolute atomic E-state index is 13.2. The number of halogens is 2. The Morgan fingerprint density at radius 2 is 2.28 bits per heavy atom. The summed E-state index contributed by atoms with van der Waals surface area (Å²) in [6.07, 6.45) is 0.376. The van der Waals surface area contributed by atoms with E-state index in [-0.39, 0.29) is 5.82 Å². The Kier molecular flexibility index (Phi) is 4.42. The maximum atomic E-state index is 13.2. The average molecular weight is 331 g/mol. The molecule has 1 atom stereocenters. The molecule has 1 aromatic carbocycles. The minimum absolute atomic E-state index is 0.307. The Morgan fingerprint density at radius 1 is 1.50 bits per heavy atom. The fourth-order valence-electron chi connectivity index (χ4n) is 1.71. The molecule has 3 nitrogen and oxygen atoms in total. The fraction of sp³-hybridized carbons (Fsp3) is 0.333. The van der Waals surface area contributed by atoms with Crippen molar-refractivity contribution in [1.29, 1.82) is 0 Å². The second-order valence-corrected chi connectivity index (χ2v) is 5.53. The number of aliphatic hydroxyl groups is 1. The molecular weight excluding hydrogens is 319 g/mol. The molecule has 0 fully saturated rings. The summed E-state index contributed by atoms with van der Waals surface area (Å²) in [5.74, 6) is -0.307. The van der Waals surface area contributed by atoms with Gasteiger partial charge in [0.25, 0.3) is 0 Å². The third kappa shape index (κ3) is 2.93. The Bertz CT molecular complexity index is 547. The highest BCUT2D eigenvalue weighted by atomic mass is 79.9. The standard InChI is InChI=1S/C12H12BrFN2OS/c1-2-10-12(18-16-15-10)11(17)6-7-5-8(14)3-4-9(7)13/h3-5,11,17H,2,6H2,1H3. The van der Waals surface area contributed by atoms with Crippen molar-refractivity contribution in [3.8, 4) is 0 Å². The molecule has 0 aliphatic heterocycles. The van der Waals surface area contributed by atoms with Crippen molar-refractivity contribution in [2.45, 2.75) is 25.9 Å². The van der Waals surface area contributed by atoms with Gasteiger partial charge in [0.2, 0.25) is 0 Å². The van der Waals surface area contributed by atoms with E-state index in [0.717, 1.165) is 27.0 Å². The van der Waals surface area contributed by atoms with Gasteiger partial charge in [-0.2, -0.15) is 0 Å². The van der Waals surface area contributed by atoms with Crippen LogP contribution in [0.2, 0.25) is 0 Å². The minimum Gasteiger partial charge on any atom is -0.387 e. The summed E-state index contributed by atoms with van der Waals surface area (Å²) in [5.41, 5.74) is 1.54. The number of hydrogen-bond donors (Lipinski definition) is 1. The van der Waals surface area contributed by atoms with Gasteiger partial charge in [0.05, 0.1) is 16.7 Å². The predicted octanol–water partition coefficient (Wildman–Crippen LogP) is 3.28. The summed E-state index contributed by atoms with van der Waals surface area (Å²) >= 11 is 4.54. The molecule has 1 unspecified atom stereocenters. The van der Waals surface area contributed by atoms with E-state index in [1.807, 2.05) is 6.92 Å². The molecule has 18 heavy (non-hydrogen) atoms. The fourth-order valence-corrected chi connectivity index (χ4v) is 2.85. The molecule has 1 heterocycles. The molecule has 0 aliphatic carbocycles. The number of aromatic nitrogens is 2. The summed E-state index contributed by atoms with van der Waals surface area (Å²) in [4.78, 5) is 0.758. The van der Waals surface area contributed by atoms with Gasteiger partial charge in [0.1, 0.15) is 5.82 Å². The van der Waals surface area contributed by atoms with Gasteiger partial charge in [0, 0.05) is 10.9 Å². The van der Waals surface area contributed by atoms with Crippen LogP contribution in [-0.2, 0) is 12.8 Å². The van der Waals surface area contributed by atoms with E-state index >= 15 is 0 Å². The Labute approximate surface area is 117 Å². The summed E-state index contributed by atoms with van der Waals surface area (Å²) in [7, 11) is 0. The Balaban J connectivity index is 2.21. The lowest BCUT2D eigenvalue weighted by atomic mass is 10.1. The Morgan fingerprint density at radius 3 is 3.00 bits per heavy atom. The van der Waals surface area contributed by atoms with Crippen molar-refractivity contribution in [3.05, 3.63) is 44.6 Å². The maximum Gasteiger partial charge on any atom is 0.123 e. The molecule has 6 heteroatoms. The van der Waals surface area contributed by atoms with Crippen LogP contribution in [0.1, 0.15) is 29.2 Å². The molecule has 96 valence electrons. The zero-order chi connectivity index (χ0) is 13.1. The third-order valence-electron chi connectivity index (χ3n) is 2.64. The number of nitrogens with zero attached hydrogens (tertiary/aromatic N) is 2. The first kappa shape index (κ1) is 13.6. The van der Waals surface area contributed by atoms with Gasteiger partial charge in [-0.25, -0.2) is 4.39 Å². The van der Waals surface area contributed by atoms with Crippen molar-refractivity contribution in [2.24, 2.45) is 0 Å². The zero-order valence-electron chi connectivity index (χ0n) is 9.73. The van der Waals surface area contributed by atoms with Crippen molar-refractivity contribution in [3.63, 3.8) is 0 Å². The first-order valence-corrected chi connectivity index (χ1v) is 7.11. The molecule has 0 saturated heterocycles. The number of hydrogen-bond acceptors (Lipinski definition) is 4. The van der Waals surface area contributed by atoms with Crippen LogP contribution in [-0.4, -0.2) is 14.7 Å². The molecule has 0 aliphatic rings. The smallest absolute Gasteiger partial charge is 0.123 e. The van der Waals surface area contributed by atoms with Crippen molar-refractivity contribution >= 4 is 27.5 Å². The SMILES string of the molecule is CCc1nnsc1C(O)Cc1cc(F)ccc1Br. The monoisotopic (exact) mass is 330 g/mol. The van der Waals surface area contributed by atoms with Gasteiger partial charge >= 0.3 is 0 Å². The summed E-state index contributed by atoms with van der Waals surface area (Å²) in [5, 5.41) is 14.1. The van der Waals surface area contributed by atoms with Gasteiger partial charge < -0.3 is 5.11 Å². The molecule has 0 bridgehead atoms. The van der Waals surface area contributed by atoms with E-state index < -0.39 is 6.10 Å². The zero-order valence-corrected chi connectivity index (χ0v) is 12.1. The number of benzene rings is 1. The van der Waals surface area contributed by atoms with Crippen LogP contribution in [0.25, 0.3) is 0 Å². The molecule has 0 radical (unpaired) electrons. The molecule has 0 amide bonds. The predicted molar refractivity (Wildman–Crippen MR) is 72.1 cm³/mol. The minimum atomic E-state index is -0.696. The first-order chi connectivity index (χ1) is 8.61. The third-order valence-corrected chi connectivity index (χ3v) is 4.29. The van der Waals surface area contributed by atoms with E-state index in [2.05, 4.69) is 25.5 Å². The van der Waals surface area contributed by atoms with Crippen LogP contribution in [0.3, 0.4) is 0 Å². The van der Waals surface area contributed by atoms with Crippen molar-refractivity contribution in [1.82, 2.24) is 9.59 Å². The molecule has 1 aromatic heterocycles. The Hall–Kier alpha value is -0.850. The second-order valence-electron chi connectivity index (χ2n) is 3.89. The largest absolute Gasteiger partial charge is 0.387 e. The van der Waals surface area contributed by atoms with Crippen LogP contribution in [0.5, 0.6) is 0 Å². The number of aryl methyl sites for hydroxylation is 1. The van der Waals surface area contributed by atoms with E-state index in [1.165, 1.54) is 23.7 Å². The lowest BCUT2D eigenvalue weighted by molar-refractivity contribution is 0.180. The van der Waals surface area contributed by atoms with Gasteiger partial charge in [-0.1, -0.05) is 27.3 Å². The van der Waals surface area contributed by atoms with Gasteiger partial charge in [-0.3, -0.25) is 0 Å². The van der Waals surface area contributed by atoms with Gasteiger partial charge in [-0.05, 0) is 41.7 Å². The molecule has 0 spiro atoms. The van der Waals surface area contributed by atoms with Crippen LogP contribution < -0.4 is 0 Å². The summed E-state index contributed by atoms with van der Waals surface area (Å²) in [6.45, 7) is 1.96. The van der Waals surface area contributed by atoms with Crippen LogP contribution >= 0.6 is 27.5 Å². The summed E-state index contributed by atoms with van der Waals surface area (Å²) < 4.78 is 17.8. The van der Waals surface area contributed by atoms with E-state index in [0.29, 0.717) is 6.42 Å². The van der Waals surface area contributed by atoms with Gasteiger partial charge in [-0.15, -0.1) is 5.10 Å². The molecule has 2 aromatic rings. The van der Waals surface area contributed by atoms with Crippen LogP contribution in [0.15, 0.2) is 22.7 Å². The van der Waals surface area contributed by atoms with Crippen LogP contribution in [0.4, 0.5) is 4.39 Å².